The number of benzene rings is 1. The Morgan fingerprint density at radius 3 is 2.65 bits per heavy atom. The molecule has 17 heavy (non-hydrogen) atoms. The third kappa shape index (κ3) is 3.23. The van der Waals surface area contributed by atoms with Gasteiger partial charge in [0.2, 0.25) is 0 Å². The van der Waals surface area contributed by atoms with E-state index in [2.05, 4.69) is 15.9 Å². The molecule has 0 saturated carbocycles. The van der Waals surface area contributed by atoms with Crippen molar-refractivity contribution in [2.24, 2.45) is 5.73 Å². The minimum absolute atomic E-state index is 0.0148. The fourth-order valence-electron chi connectivity index (χ4n) is 1.50. The first-order valence-electron chi connectivity index (χ1n) is 4.96. The molecule has 0 aliphatic rings. The van der Waals surface area contributed by atoms with Gasteiger partial charge in [0.25, 0.3) is 0 Å². The zero-order chi connectivity index (χ0) is 13.2. The van der Waals surface area contributed by atoms with E-state index in [-0.39, 0.29) is 28.4 Å². The molecule has 0 aromatic heterocycles. The highest BCUT2D eigenvalue weighted by atomic mass is 79.9. The second kappa shape index (κ2) is 5.55. The van der Waals surface area contributed by atoms with E-state index in [4.69, 9.17) is 10.8 Å². The molecule has 0 aliphatic heterocycles. The number of hydrogen-bond acceptors (Lipinski definition) is 2. The van der Waals surface area contributed by atoms with Crippen LogP contribution in [0.5, 0.6) is 0 Å². The molecule has 1 rings (SSSR count). The van der Waals surface area contributed by atoms with Crippen molar-refractivity contribution in [1.82, 2.24) is 0 Å². The molecular weight excluding hydrogens is 296 g/mol. The number of carboxylic acids is 1. The van der Waals surface area contributed by atoms with Gasteiger partial charge in [0.05, 0.1) is 4.47 Å². The monoisotopic (exact) mass is 307 g/mol. The predicted molar refractivity (Wildman–Crippen MR) is 62.6 cm³/mol. The fraction of sp³-hybridized carbons (Fsp3) is 0.364. The lowest BCUT2D eigenvalue weighted by Gasteiger charge is -2.15. The van der Waals surface area contributed by atoms with Crippen molar-refractivity contribution in [1.29, 1.82) is 0 Å². The van der Waals surface area contributed by atoms with E-state index < -0.39 is 23.6 Å². The van der Waals surface area contributed by atoms with Gasteiger partial charge in [-0.2, -0.15) is 0 Å². The van der Waals surface area contributed by atoms with Gasteiger partial charge >= 0.3 is 5.97 Å². The fourth-order valence-corrected chi connectivity index (χ4v) is 2.06. The van der Waals surface area contributed by atoms with Crippen LogP contribution in [0.1, 0.15) is 30.0 Å². The second-order valence-corrected chi connectivity index (χ2v) is 4.61. The Kier molecular flexibility index (Phi) is 4.59. The molecule has 0 radical (unpaired) electrons. The molecule has 94 valence electrons. The lowest BCUT2D eigenvalue weighted by Crippen LogP contribution is -2.16. The highest BCUT2D eigenvalue weighted by Gasteiger charge is 2.21. The molecule has 0 heterocycles. The molecule has 0 saturated heterocycles. The van der Waals surface area contributed by atoms with Gasteiger partial charge in [0, 0.05) is 18.0 Å². The van der Waals surface area contributed by atoms with Gasteiger partial charge in [0.15, 0.2) is 0 Å². The SMILES string of the molecule is Cc1cc(Br)c(F)c(C(N)CCC(=O)O)c1F. The predicted octanol–water partition coefficient (Wildman–Crippen LogP) is 2.90. The topological polar surface area (TPSA) is 63.3 Å². The van der Waals surface area contributed by atoms with Crippen molar-refractivity contribution >= 4 is 21.9 Å². The van der Waals surface area contributed by atoms with Crippen LogP contribution < -0.4 is 5.73 Å². The Hall–Kier alpha value is -1.01. The summed E-state index contributed by atoms with van der Waals surface area (Å²) in [6.45, 7) is 1.49. The van der Waals surface area contributed by atoms with Crippen molar-refractivity contribution in [3.63, 3.8) is 0 Å². The minimum atomic E-state index is -1.05. The van der Waals surface area contributed by atoms with Crippen molar-refractivity contribution in [2.45, 2.75) is 25.8 Å². The van der Waals surface area contributed by atoms with Crippen LogP contribution >= 0.6 is 15.9 Å². The quantitative estimate of drug-likeness (QED) is 0.841. The normalized spacial score (nSPS) is 12.5. The Morgan fingerprint density at radius 2 is 2.12 bits per heavy atom. The molecule has 1 aromatic carbocycles. The Labute approximate surface area is 106 Å². The zero-order valence-corrected chi connectivity index (χ0v) is 10.7. The van der Waals surface area contributed by atoms with E-state index in [1.165, 1.54) is 13.0 Å². The molecule has 0 fully saturated rings. The van der Waals surface area contributed by atoms with Crippen molar-refractivity contribution < 1.29 is 18.7 Å². The summed E-state index contributed by atoms with van der Waals surface area (Å²) in [6.07, 6.45) is -0.245. The van der Waals surface area contributed by atoms with Gasteiger partial charge in [-0.25, -0.2) is 8.78 Å². The Balaban J connectivity index is 3.07. The minimum Gasteiger partial charge on any atom is -0.481 e. The van der Waals surface area contributed by atoms with Gasteiger partial charge < -0.3 is 10.8 Å². The van der Waals surface area contributed by atoms with Crippen LogP contribution in [-0.2, 0) is 4.79 Å². The van der Waals surface area contributed by atoms with Gasteiger partial charge in [-0.05, 0) is 40.9 Å². The van der Waals surface area contributed by atoms with E-state index in [0.717, 1.165) is 0 Å². The van der Waals surface area contributed by atoms with E-state index in [9.17, 15) is 13.6 Å². The van der Waals surface area contributed by atoms with Crippen molar-refractivity contribution in [2.75, 3.05) is 0 Å². The zero-order valence-electron chi connectivity index (χ0n) is 9.14. The van der Waals surface area contributed by atoms with E-state index in [1.807, 2.05) is 0 Å². The van der Waals surface area contributed by atoms with Crippen molar-refractivity contribution in [3.8, 4) is 0 Å². The van der Waals surface area contributed by atoms with Crippen LogP contribution in [0.3, 0.4) is 0 Å². The third-order valence-electron chi connectivity index (χ3n) is 2.41. The van der Waals surface area contributed by atoms with Crippen LogP contribution in [0.4, 0.5) is 8.78 Å². The molecule has 0 spiro atoms. The number of hydrogen-bond donors (Lipinski definition) is 2. The van der Waals surface area contributed by atoms with E-state index >= 15 is 0 Å². The summed E-state index contributed by atoms with van der Waals surface area (Å²) in [5.41, 5.74) is 5.62. The smallest absolute Gasteiger partial charge is 0.303 e. The van der Waals surface area contributed by atoms with Crippen LogP contribution in [-0.4, -0.2) is 11.1 Å². The highest BCUT2D eigenvalue weighted by molar-refractivity contribution is 9.10. The number of aryl methyl sites for hydroxylation is 1. The van der Waals surface area contributed by atoms with Crippen LogP contribution in [0.15, 0.2) is 10.5 Å². The molecule has 3 nitrogen and oxygen atoms in total. The molecule has 0 aliphatic carbocycles. The Morgan fingerprint density at radius 1 is 1.53 bits per heavy atom. The maximum atomic E-state index is 13.7. The molecule has 6 heteroatoms. The second-order valence-electron chi connectivity index (χ2n) is 3.76. The number of halogens is 3. The number of aliphatic carboxylic acids is 1. The first-order valence-corrected chi connectivity index (χ1v) is 5.75. The molecule has 1 aromatic rings. The summed E-state index contributed by atoms with van der Waals surface area (Å²) in [4.78, 5) is 10.4. The maximum Gasteiger partial charge on any atom is 0.303 e. The lowest BCUT2D eigenvalue weighted by atomic mass is 9.99. The molecule has 0 bridgehead atoms. The van der Waals surface area contributed by atoms with Crippen LogP contribution in [0, 0.1) is 18.6 Å². The van der Waals surface area contributed by atoms with Crippen molar-refractivity contribution in [3.05, 3.63) is 33.3 Å². The first-order chi connectivity index (χ1) is 7.84. The van der Waals surface area contributed by atoms with Gasteiger partial charge in [0.1, 0.15) is 11.6 Å². The van der Waals surface area contributed by atoms with Gasteiger partial charge in [-0.3, -0.25) is 4.79 Å². The molecule has 3 N–H and O–H groups in total. The summed E-state index contributed by atoms with van der Waals surface area (Å²) < 4.78 is 27.6. The summed E-state index contributed by atoms with van der Waals surface area (Å²) in [5.74, 6) is -2.54. The van der Waals surface area contributed by atoms with Crippen LogP contribution in [0.2, 0.25) is 0 Å². The molecular formula is C11H12BrF2NO2. The van der Waals surface area contributed by atoms with E-state index in [1.54, 1.807) is 0 Å². The molecule has 0 amide bonds. The van der Waals surface area contributed by atoms with Gasteiger partial charge in [-0.1, -0.05) is 0 Å². The summed E-state index contributed by atoms with van der Waals surface area (Å²) in [5, 5.41) is 8.50. The lowest BCUT2D eigenvalue weighted by molar-refractivity contribution is -0.137. The third-order valence-corrected chi connectivity index (χ3v) is 2.99. The largest absolute Gasteiger partial charge is 0.481 e. The molecule has 1 unspecified atom stereocenters. The van der Waals surface area contributed by atoms with E-state index in [0.29, 0.717) is 0 Å². The number of carboxylic acid groups (broad SMARTS) is 1. The average Bonchev–Trinajstić information content (AvgIpc) is 2.24. The maximum absolute atomic E-state index is 13.7. The Bertz CT molecular complexity index is 425. The number of carbonyl (C=O) groups is 1. The summed E-state index contributed by atoms with van der Waals surface area (Å²) in [6, 6.07) is 0.347. The number of rotatable bonds is 4. The summed E-state index contributed by atoms with van der Waals surface area (Å²) >= 11 is 2.97. The number of nitrogens with two attached hydrogens (primary N) is 1. The van der Waals surface area contributed by atoms with Crippen LogP contribution in [0.25, 0.3) is 0 Å². The average molecular weight is 308 g/mol. The first kappa shape index (κ1) is 14.1. The highest BCUT2D eigenvalue weighted by Crippen LogP contribution is 2.30. The molecule has 1 atom stereocenters. The van der Waals surface area contributed by atoms with Gasteiger partial charge in [-0.15, -0.1) is 0 Å². The standard InChI is InChI=1S/C11H12BrF2NO2/c1-5-4-6(12)11(14)9(10(5)13)7(15)2-3-8(16)17/h4,7H,2-3,15H2,1H3,(H,16,17). The summed E-state index contributed by atoms with van der Waals surface area (Å²) in [7, 11) is 0.